The van der Waals surface area contributed by atoms with E-state index in [9.17, 15) is 8.42 Å². The van der Waals surface area contributed by atoms with Crippen LogP contribution in [0.25, 0.3) is 0 Å². The third kappa shape index (κ3) is 3.44. The van der Waals surface area contributed by atoms with E-state index in [1.54, 1.807) is 35.9 Å². The first kappa shape index (κ1) is 15.6. The second-order valence-corrected chi connectivity index (χ2v) is 7.29. The van der Waals surface area contributed by atoms with Gasteiger partial charge in [-0.2, -0.15) is 5.10 Å². The van der Waals surface area contributed by atoms with Crippen LogP contribution in [0.2, 0.25) is 0 Å². The van der Waals surface area contributed by atoms with Gasteiger partial charge in [-0.3, -0.25) is 4.68 Å². The first-order valence-electron chi connectivity index (χ1n) is 6.96. The molecule has 1 aromatic heterocycles. The number of hydrogen-bond acceptors (Lipinski definition) is 4. The van der Waals surface area contributed by atoms with Crippen molar-refractivity contribution in [3.05, 3.63) is 41.7 Å². The molecule has 21 heavy (non-hydrogen) atoms. The maximum Gasteiger partial charge on any atom is 0.184 e. The Morgan fingerprint density at radius 3 is 2.67 bits per heavy atom. The second-order valence-electron chi connectivity index (χ2n) is 5.33. The number of aromatic nitrogens is 2. The fourth-order valence-electron chi connectivity index (χ4n) is 2.18. The number of hydrogen-bond donors (Lipinski definition) is 1. The largest absolute Gasteiger partial charge is 0.399 e. The lowest BCUT2D eigenvalue weighted by Gasteiger charge is -2.09. The summed E-state index contributed by atoms with van der Waals surface area (Å²) in [5.74, 6) is -0.0960. The molecule has 0 saturated carbocycles. The first-order valence-corrected chi connectivity index (χ1v) is 8.61. The lowest BCUT2D eigenvalue weighted by atomic mass is 10.2. The Hall–Kier alpha value is -1.82. The van der Waals surface area contributed by atoms with Gasteiger partial charge in [0.2, 0.25) is 0 Å². The average molecular weight is 307 g/mol. The van der Waals surface area contributed by atoms with Gasteiger partial charge in [-0.1, -0.05) is 6.92 Å². The van der Waals surface area contributed by atoms with Crippen molar-refractivity contribution in [1.29, 1.82) is 0 Å². The zero-order valence-electron chi connectivity index (χ0n) is 12.6. The van der Waals surface area contributed by atoms with Crippen molar-refractivity contribution < 1.29 is 8.42 Å². The molecule has 2 N–H and O–H groups in total. The maximum atomic E-state index is 12.5. The maximum absolute atomic E-state index is 12.5. The van der Waals surface area contributed by atoms with E-state index in [0.717, 1.165) is 6.42 Å². The van der Waals surface area contributed by atoms with E-state index in [2.05, 4.69) is 18.9 Å². The molecular weight excluding hydrogens is 286 g/mol. The van der Waals surface area contributed by atoms with Crippen LogP contribution in [0.5, 0.6) is 0 Å². The van der Waals surface area contributed by atoms with Gasteiger partial charge in [0.1, 0.15) is 0 Å². The number of rotatable bonds is 5. The number of nitrogens with zero attached hydrogens (tertiary/aromatic N) is 2. The van der Waals surface area contributed by atoms with Crippen molar-refractivity contribution in [2.75, 3.05) is 5.73 Å². The molecule has 6 heteroatoms. The van der Waals surface area contributed by atoms with E-state index in [1.807, 2.05) is 6.20 Å². The predicted octanol–water partition coefficient (Wildman–Crippen LogP) is 2.72. The molecule has 0 saturated heterocycles. The van der Waals surface area contributed by atoms with Crippen LogP contribution >= 0.6 is 0 Å². The van der Waals surface area contributed by atoms with Gasteiger partial charge in [0.05, 0.1) is 16.3 Å². The highest BCUT2D eigenvalue weighted by molar-refractivity contribution is 7.90. The topological polar surface area (TPSA) is 78.0 Å². The molecule has 1 heterocycles. The molecule has 1 unspecified atom stereocenters. The van der Waals surface area contributed by atoms with Crippen molar-refractivity contribution >= 4 is 15.5 Å². The summed E-state index contributed by atoms with van der Waals surface area (Å²) in [7, 11) is -3.41. The zero-order valence-corrected chi connectivity index (χ0v) is 13.4. The van der Waals surface area contributed by atoms with Gasteiger partial charge in [0.25, 0.3) is 0 Å². The minimum atomic E-state index is -3.41. The third-order valence-electron chi connectivity index (χ3n) is 3.58. The van der Waals surface area contributed by atoms with E-state index in [1.165, 1.54) is 0 Å². The fraction of sp³-hybridized carbons (Fsp3) is 0.400. The number of nitrogen functional groups attached to an aromatic ring is 1. The zero-order chi connectivity index (χ0) is 15.6. The molecular formula is C15H21N3O2S. The summed E-state index contributed by atoms with van der Waals surface area (Å²) in [6.45, 7) is 5.87. The fourth-order valence-corrected chi connectivity index (χ4v) is 3.70. The molecule has 2 aromatic rings. The molecule has 5 nitrogen and oxygen atoms in total. The van der Waals surface area contributed by atoms with Gasteiger partial charge in [-0.15, -0.1) is 0 Å². The van der Waals surface area contributed by atoms with E-state index in [0.29, 0.717) is 21.8 Å². The van der Waals surface area contributed by atoms with E-state index in [-0.39, 0.29) is 11.8 Å². The Morgan fingerprint density at radius 1 is 1.33 bits per heavy atom. The molecule has 2 rings (SSSR count). The van der Waals surface area contributed by atoms with E-state index >= 15 is 0 Å². The number of sulfone groups is 1. The molecule has 1 aromatic carbocycles. The van der Waals surface area contributed by atoms with Crippen molar-refractivity contribution in [2.45, 2.75) is 43.9 Å². The molecule has 0 radical (unpaired) electrons. The Bertz CT molecular complexity index is 735. The SMILES string of the molecule is CCC(C)n1ccc(CS(=O)(=O)c2ccc(N)cc2C)n1. The Kier molecular flexibility index (Phi) is 4.37. The van der Waals surface area contributed by atoms with Crippen LogP contribution in [0.4, 0.5) is 5.69 Å². The smallest absolute Gasteiger partial charge is 0.184 e. The third-order valence-corrected chi connectivity index (χ3v) is 5.38. The molecule has 0 amide bonds. The summed E-state index contributed by atoms with van der Waals surface area (Å²) >= 11 is 0. The van der Waals surface area contributed by atoms with Crippen LogP contribution in [0.15, 0.2) is 35.4 Å². The van der Waals surface area contributed by atoms with Gasteiger partial charge < -0.3 is 5.73 Å². The molecule has 0 aliphatic carbocycles. The normalized spacial score (nSPS) is 13.3. The van der Waals surface area contributed by atoms with Crippen LogP contribution in [-0.2, 0) is 15.6 Å². The molecule has 1 atom stereocenters. The van der Waals surface area contributed by atoms with Crippen LogP contribution in [0.3, 0.4) is 0 Å². The van der Waals surface area contributed by atoms with Crippen LogP contribution in [0, 0.1) is 6.92 Å². The molecule has 0 bridgehead atoms. The summed E-state index contributed by atoms with van der Waals surface area (Å²) in [4.78, 5) is 0.315. The number of benzene rings is 1. The van der Waals surface area contributed by atoms with Crippen molar-refractivity contribution in [2.24, 2.45) is 0 Å². The first-order chi connectivity index (χ1) is 9.83. The standard InChI is InChI=1S/C15H21N3O2S/c1-4-12(3)18-8-7-14(17-18)10-21(19,20)15-6-5-13(16)9-11(15)2/h5-9,12H,4,10,16H2,1-3H3. The van der Waals surface area contributed by atoms with Gasteiger partial charge in [0.15, 0.2) is 9.84 Å². The van der Waals surface area contributed by atoms with Gasteiger partial charge in [-0.05, 0) is 50.1 Å². The molecule has 0 aliphatic heterocycles. The average Bonchev–Trinajstić information content (AvgIpc) is 2.85. The van der Waals surface area contributed by atoms with E-state index in [4.69, 9.17) is 5.73 Å². The molecule has 0 spiro atoms. The Labute approximate surface area is 125 Å². The van der Waals surface area contributed by atoms with Crippen LogP contribution in [-0.4, -0.2) is 18.2 Å². The van der Waals surface area contributed by atoms with Crippen molar-refractivity contribution in [1.82, 2.24) is 9.78 Å². The number of nitrogens with two attached hydrogens (primary N) is 1. The quantitative estimate of drug-likeness (QED) is 0.862. The van der Waals surface area contributed by atoms with Crippen LogP contribution in [0.1, 0.15) is 37.6 Å². The summed E-state index contributed by atoms with van der Waals surface area (Å²) in [6.07, 6.45) is 2.78. The lowest BCUT2D eigenvalue weighted by molar-refractivity contribution is 0.475. The number of aryl methyl sites for hydroxylation is 1. The monoisotopic (exact) mass is 307 g/mol. The second kappa shape index (κ2) is 5.89. The highest BCUT2D eigenvalue weighted by atomic mass is 32.2. The minimum Gasteiger partial charge on any atom is -0.399 e. The van der Waals surface area contributed by atoms with Gasteiger partial charge in [-0.25, -0.2) is 8.42 Å². The highest BCUT2D eigenvalue weighted by Crippen LogP contribution is 2.22. The highest BCUT2D eigenvalue weighted by Gasteiger charge is 2.19. The molecule has 0 fully saturated rings. The molecule has 0 aliphatic rings. The Morgan fingerprint density at radius 2 is 2.05 bits per heavy atom. The predicted molar refractivity (Wildman–Crippen MR) is 83.7 cm³/mol. The van der Waals surface area contributed by atoms with Crippen molar-refractivity contribution in [3.8, 4) is 0 Å². The summed E-state index contributed by atoms with van der Waals surface area (Å²) in [6, 6.07) is 6.87. The Balaban J connectivity index is 2.27. The minimum absolute atomic E-state index is 0.0960. The lowest BCUT2D eigenvalue weighted by Crippen LogP contribution is -2.09. The van der Waals surface area contributed by atoms with Gasteiger partial charge in [0, 0.05) is 17.9 Å². The summed E-state index contributed by atoms with van der Waals surface area (Å²) in [5, 5.41) is 4.35. The summed E-state index contributed by atoms with van der Waals surface area (Å²) in [5.41, 5.74) is 7.45. The van der Waals surface area contributed by atoms with Crippen molar-refractivity contribution in [3.63, 3.8) is 0 Å². The number of anilines is 1. The van der Waals surface area contributed by atoms with Crippen LogP contribution < -0.4 is 5.73 Å². The molecule has 114 valence electrons. The van der Waals surface area contributed by atoms with Gasteiger partial charge >= 0.3 is 0 Å². The summed E-state index contributed by atoms with van der Waals surface area (Å²) < 4.78 is 26.8. The van der Waals surface area contributed by atoms with E-state index < -0.39 is 9.84 Å².